The van der Waals surface area contributed by atoms with Crippen molar-refractivity contribution in [2.45, 2.75) is 70.5 Å². The van der Waals surface area contributed by atoms with E-state index in [0.29, 0.717) is 25.8 Å². The number of aliphatic hydroxyl groups is 2. The molecule has 4 aliphatic carbocycles. The number of amides is 1. The van der Waals surface area contributed by atoms with Crippen LogP contribution in [0.5, 0.6) is 0 Å². The maximum atomic E-state index is 13.6. The summed E-state index contributed by atoms with van der Waals surface area (Å²) in [7, 11) is 0. The molecule has 7 atom stereocenters. The van der Waals surface area contributed by atoms with E-state index in [4.69, 9.17) is 0 Å². The number of rotatable bonds is 5. The molecule has 0 saturated heterocycles. The van der Waals surface area contributed by atoms with Gasteiger partial charge in [0.25, 0.3) is 5.91 Å². The second kappa shape index (κ2) is 9.81. The molecule has 0 radical (unpaired) electrons. The number of aliphatic hydroxyl groups excluding tert-OH is 1. The Morgan fingerprint density at radius 1 is 1.17 bits per heavy atom. The lowest BCUT2D eigenvalue weighted by Crippen LogP contribution is -2.63. The summed E-state index contributed by atoms with van der Waals surface area (Å²) in [5.41, 5.74) is 2.59. The zero-order valence-corrected chi connectivity index (χ0v) is 24.1. The van der Waals surface area contributed by atoms with Gasteiger partial charge in [0.15, 0.2) is 0 Å². The fourth-order valence-electron chi connectivity index (χ4n) is 9.26. The van der Waals surface area contributed by atoms with Crippen LogP contribution in [0.3, 0.4) is 0 Å². The molecule has 220 valence electrons. The summed E-state index contributed by atoms with van der Waals surface area (Å²) in [4.78, 5) is 21.9. The molecule has 1 amide bonds. The van der Waals surface area contributed by atoms with Crippen LogP contribution in [-0.2, 0) is 17.6 Å². The molecule has 2 heterocycles. The summed E-state index contributed by atoms with van der Waals surface area (Å²) in [5.74, 6) is -0.250. The van der Waals surface area contributed by atoms with E-state index in [2.05, 4.69) is 33.4 Å². The van der Waals surface area contributed by atoms with Crippen molar-refractivity contribution in [1.29, 1.82) is 0 Å². The number of halogens is 1. The Balaban J connectivity index is 1.13. The van der Waals surface area contributed by atoms with E-state index in [0.717, 1.165) is 48.3 Å². The van der Waals surface area contributed by atoms with Crippen molar-refractivity contribution >= 4 is 12.0 Å². The van der Waals surface area contributed by atoms with E-state index in [1.54, 1.807) is 30.7 Å². The number of carbonyl (C=O) groups excluding carboxylic acids is 1. The number of hydrogen-bond donors (Lipinski definition) is 3. The maximum absolute atomic E-state index is 13.6. The third kappa shape index (κ3) is 4.00. The van der Waals surface area contributed by atoms with E-state index in [-0.39, 0.29) is 34.9 Å². The highest BCUT2D eigenvalue weighted by Gasteiger charge is 2.68. The van der Waals surface area contributed by atoms with Gasteiger partial charge in [0.1, 0.15) is 11.4 Å². The van der Waals surface area contributed by atoms with Crippen LogP contribution in [0.2, 0.25) is 0 Å². The van der Waals surface area contributed by atoms with Gasteiger partial charge in [-0.3, -0.25) is 14.8 Å². The number of allylic oxidation sites excluding steroid dienone is 1. The van der Waals surface area contributed by atoms with Crippen LogP contribution in [0.4, 0.5) is 4.39 Å². The molecule has 7 rings (SSSR count). The molecule has 3 fully saturated rings. The molecule has 0 spiro atoms. The molecule has 9 heteroatoms. The number of benzene rings is 1. The molecule has 3 aromatic rings. The first-order valence-electron chi connectivity index (χ1n) is 15.1. The summed E-state index contributed by atoms with van der Waals surface area (Å²) < 4.78 is 15.4. The zero-order chi connectivity index (χ0) is 29.3. The maximum Gasteiger partial charge on any atom is 0.252 e. The highest BCUT2D eigenvalue weighted by molar-refractivity contribution is 5.86. The summed E-state index contributed by atoms with van der Waals surface area (Å²) in [5, 5.41) is 31.5. The monoisotopic (exact) mass is 571 g/mol. The van der Waals surface area contributed by atoms with E-state index in [1.807, 2.05) is 17.8 Å². The van der Waals surface area contributed by atoms with Crippen LogP contribution >= 0.6 is 0 Å². The molecule has 4 aliphatic rings. The summed E-state index contributed by atoms with van der Waals surface area (Å²) in [6.07, 6.45) is 13.1. The number of fused-ring (bicyclic) bond motifs is 6. The minimum atomic E-state index is -1.53. The van der Waals surface area contributed by atoms with Gasteiger partial charge in [0.05, 0.1) is 29.4 Å². The molecule has 3 saturated carbocycles. The van der Waals surface area contributed by atoms with Gasteiger partial charge in [0, 0.05) is 37.0 Å². The van der Waals surface area contributed by atoms with Gasteiger partial charge in [-0.1, -0.05) is 19.4 Å². The fourth-order valence-corrected chi connectivity index (χ4v) is 9.26. The average molecular weight is 572 g/mol. The SMILES string of the molecule is CC12Cc3cnn(-c4ccc(F)cc4)c3C=C1CCC1C2[C@@H](O)CC2(C)C1CC[C@]2(O)C(=O)NCCc1cnccn1. The Kier molecular flexibility index (Phi) is 6.40. The second-order valence-corrected chi connectivity index (χ2v) is 13.3. The van der Waals surface area contributed by atoms with Crippen molar-refractivity contribution in [3.05, 3.63) is 77.4 Å². The lowest BCUT2D eigenvalue weighted by molar-refractivity contribution is -0.181. The number of aromatic nitrogens is 4. The van der Waals surface area contributed by atoms with E-state index in [9.17, 15) is 19.4 Å². The van der Waals surface area contributed by atoms with Gasteiger partial charge in [-0.25, -0.2) is 9.07 Å². The standard InChI is InChI=1S/C33H38FN5O3/c1-31-16-20-18-38-39(24-6-4-22(34)5-7-24)27(20)15-21(31)3-8-25-26-9-11-33(42,32(26,2)17-28(40)29(25)31)30(41)37-12-10-23-19-35-13-14-36-23/h4-7,13-15,18-19,25-26,28-29,40,42H,3,8-12,16-17H2,1-2H3,(H,37,41)/t25?,26?,28-,29?,31?,32?,33-/m0/s1. The first kappa shape index (κ1) is 27.4. The summed E-state index contributed by atoms with van der Waals surface area (Å²) in [6.45, 7) is 4.67. The van der Waals surface area contributed by atoms with Gasteiger partial charge >= 0.3 is 0 Å². The van der Waals surface area contributed by atoms with Crippen LogP contribution in [0.15, 0.2) is 54.6 Å². The van der Waals surface area contributed by atoms with Gasteiger partial charge in [0.2, 0.25) is 0 Å². The predicted octanol–water partition coefficient (Wildman–Crippen LogP) is 4.04. The lowest BCUT2D eigenvalue weighted by atomic mass is 9.45. The largest absolute Gasteiger partial charge is 0.393 e. The molecular weight excluding hydrogens is 533 g/mol. The zero-order valence-electron chi connectivity index (χ0n) is 24.1. The molecule has 0 aliphatic heterocycles. The number of nitrogens with one attached hydrogen (secondary N) is 1. The van der Waals surface area contributed by atoms with Gasteiger partial charge < -0.3 is 15.5 Å². The highest BCUT2D eigenvalue weighted by atomic mass is 19.1. The van der Waals surface area contributed by atoms with Crippen LogP contribution in [0, 0.1) is 34.4 Å². The number of carbonyl (C=O) groups is 1. The fraction of sp³-hybridized carbons (Fsp3) is 0.515. The Labute approximate surface area is 245 Å². The first-order valence-corrected chi connectivity index (χ1v) is 15.1. The lowest BCUT2D eigenvalue weighted by Gasteiger charge is -2.60. The van der Waals surface area contributed by atoms with Crippen LogP contribution in [-0.4, -0.2) is 54.1 Å². The van der Waals surface area contributed by atoms with E-state index < -0.39 is 17.1 Å². The molecule has 0 bridgehead atoms. The molecule has 42 heavy (non-hydrogen) atoms. The summed E-state index contributed by atoms with van der Waals surface area (Å²) in [6, 6.07) is 6.38. The van der Waals surface area contributed by atoms with Crippen molar-refractivity contribution in [3.63, 3.8) is 0 Å². The van der Waals surface area contributed by atoms with Crippen molar-refractivity contribution in [2.24, 2.45) is 28.6 Å². The minimum Gasteiger partial charge on any atom is -0.393 e. The van der Waals surface area contributed by atoms with Crippen molar-refractivity contribution < 1.29 is 19.4 Å². The smallest absolute Gasteiger partial charge is 0.252 e. The average Bonchev–Trinajstić information content (AvgIpc) is 3.49. The van der Waals surface area contributed by atoms with E-state index >= 15 is 0 Å². The second-order valence-electron chi connectivity index (χ2n) is 13.3. The molecule has 3 N–H and O–H groups in total. The minimum absolute atomic E-state index is 0.0277. The first-order chi connectivity index (χ1) is 20.1. The summed E-state index contributed by atoms with van der Waals surface area (Å²) >= 11 is 0. The van der Waals surface area contributed by atoms with Crippen LogP contribution in [0.1, 0.15) is 62.9 Å². The van der Waals surface area contributed by atoms with Crippen molar-refractivity contribution in [2.75, 3.05) is 6.54 Å². The Hall–Kier alpha value is -3.43. The quantitative estimate of drug-likeness (QED) is 0.426. The Morgan fingerprint density at radius 3 is 2.74 bits per heavy atom. The molecule has 2 aromatic heterocycles. The van der Waals surface area contributed by atoms with E-state index in [1.165, 1.54) is 17.7 Å². The Bertz CT molecular complexity index is 1540. The molecular formula is C33H38FN5O3. The third-order valence-corrected chi connectivity index (χ3v) is 11.3. The van der Waals surface area contributed by atoms with Gasteiger partial charge in [-0.2, -0.15) is 5.10 Å². The van der Waals surface area contributed by atoms with Crippen molar-refractivity contribution in [3.8, 4) is 5.69 Å². The normalized spacial score (nSPS) is 34.9. The third-order valence-electron chi connectivity index (χ3n) is 11.3. The Morgan fingerprint density at radius 2 is 1.98 bits per heavy atom. The molecule has 1 aromatic carbocycles. The topological polar surface area (TPSA) is 113 Å². The number of nitrogens with zero attached hydrogens (tertiary/aromatic N) is 4. The molecule has 8 nitrogen and oxygen atoms in total. The highest BCUT2D eigenvalue weighted by Crippen LogP contribution is 2.67. The predicted molar refractivity (Wildman–Crippen MR) is 155 cm³/mol. The van der Waals surface area contributed by atoms with Gasteiger partial charge in [-0.05, 0) is 97.6 Å². The van der Waals surface area contributed by atoms with Gasteiger partial charge in [-0.15, -0.1) is 0 Å². The van der Waals surface area contributed by atoms with Crippen LogP contribution < -0.4 is 5.32 Å². The number of hydrogen-bond acceptors (Lipinski definition) is 6. The molecule has 5 unspecified atom stereocenters. The van der Waals surface area contributed by atoms with Crippen LogP contribution in [0.25, 0.3) is 11.8 Å². The van der Waals surface area contributed by atoms with Crippen molar-refractivity contribution in [1.82, 2.24) is 25.1 Å².